The predicted molar refractivity (Wildman–Crippen MR) is 104 cm³/mol. The minimum absolute atomic E-state index is 0.0388. The van der Waals surface area contributed by atoms with Gasteiger partial charge in [0.2, 0.25) is 6.54 Å². The third-order valence-corrected chi connectivity index (χ3v) is 4.09. The largest absolute Gasteiger partial charge is 0.465 e. The smallest absolute Gasteiger partial charge is 0.321 e. The molecule has 29 heavy (non-hydrogen) atoms. The van der Waals surface area contributed by atoms with Gasteiger partial charge in [0.05, 0.1) is 19.1 Å². The Balaban J connectivity index is 2.41. The molecule has 0 bridgehead atoms. The molecule has 0 aliphatic rings. The highest BCUT2D eigenvalue weighted by Gasteiger charge is 2.41. The summed E-state index contributed by atoms with van der Waals surface area (Å²) >= 11 is 0. The average Bonchev–Trinajstić information content (AvgIpc) is 2.68. The van der Waals surface area contributed by atoms with Crippen LogP contribution in [0.4, 0.5) is 0 Å². The van der Waals surface area contributed by atoms with Crippen molar-refractivity contribution in [2.75, 3.05) is 19.8 Å². The fourth-order valence-electron chi connectivity index (χ4n) is 2.89. The van der Waals surface area contributed by atoms with Crippen molar-refractivity contribution in [2.45, 2.75) is 19.8 Å². The number of hydrogen-bond donors (Lipinski definition) is 0. The first-order valence-electron chi connectivity index (χ1n) is 9.24. The number of benzene rings is 2. The molecule has 0 unspecified atom stereocenters. The molecule has 0 spiro atoms. The van der Waals surface area contributed by atoms with Gasteiger partial charge in [-0.1, -0.05) is 30.3 Å². The van der Waals surface area contributed by atoms with Crippen molar-refractivity contribution in [2.24, 2.45) is 5.92 Å². The van der Waals surface area contributed by atoms with E-state index in [1.807, 2.05) is 18.2 Å². The van der Waals surface area contributed by atoms with Gasteiger partial charge in [-0.3, -0.25) is 19.7 Å². The quantitative estimate of drug-likeness (QED) is 0.259. The molecule has 2 aromatic rings. The number of esters is 2. The van der Waals surface area contributed by atoms with E-state index >= 15 is 0 Å². The maximum Gasteiger partial charge on any atom is 0.321 e. The number of carbonyl (C=O) groups excluding carboxylic acids is 2. The lowest BCUT2D eigenvalue weighted by Gasteiger charge is -2.22. The molecule has 8 heteroatoms. The van der Waals surface area contributed by atoms with Gasteiger partial charge in [-0.2, -0.15) is 0 Å². The van der Waals surface area contributed by atoms with Crippen molar-refractivity contribution in [1.82, 2.24) is 0 Å². The van der Waals surface area contributed by atoms with E-state index in [9.17, 15) is 19.7 Å². The fourth-order valence-corrected chi connectivity index (χ4v) is 2.89. The molecule has 0 aromatic heterocycles. The van der Waals surface area contributed by atoms with Crippen LogP contribution in [0.25, 0.3) is 0 Å². The Bertz CT molecular complexity index is 820. The molecule has 154 valence electrons. The molecule has 1 atom stereocenters. The van der Waals surface area contributed by atoms with Crippen LogP contribution in [0.5, 0.6) is 11.5 Å². The maximum atomic E-state index is 12.5. The van der Waals surface area contributed by atoms with Crippen LogP contribution >= 0.6 is 0 Å². The van der Waals surface area contributed by atoms with E-state index in [1.165, 1.54) is 0 Å². The van der Waals surface area contributed by atoms with Gasteiger partial charge in [-0.15, -0.1) is 0 Å². The summed E-state index contributed by atoms with van der Waals surface area (Å²) in [5, 5.41) is 11.3. The van der Waals surface area contributed by atoms with Gasteiger partial charge in [0.1, 0.15) is 11.5 Å². The highest BCUT2D eigenvalue weighted by Crippen LogP contribution is 2.31. The summed E-state index contributed by atoms with van der Waals surface area (Å²) in [6, 6.07) is 15.5. The van der Waals surface area contributed by atoms with E-state index in [-0.39, 0.29) is 13.2 Å². The molecule has 0 N–H and O–H groups in total. The molecule has 0 fully saturated rings. The number of ether oxygens (including phenoxy) is 3. The van der Waals surface area contributed by atoms with Gasteiger partial charge in [0.15, 0.2) is 5.92 Å². The summed E-state index contributed by atoms with van der Waals surface area (Å²) in [5.74, 6) is -3.22. The average molecular weight is 401 g/mol. The summed E-state index contributed by atoms with van der Waals surface area (Å²) < 4.78 is 15.7. The molecule has 8 nitrogen and oxygen atoms in total. The number of rotatable bonds is 10. The van der Waals surface area contributed by atoms with Crippen LogP contribution in [0, 0.1) is 16.0 Å². The van der Waals surface area contributed by atoms with Crippen molar-refractivity contribution < 1.29 is 28.7 Å². The monoisotopic (exact) mass is 401 g/mol. The summed E-state index contributed by atoms with van der Waals surface area (Å²) in [4.78, 5) is 35.6. The lowest BCUT2D eigenvalue weighted by atomic mass is 9.85. The first-order valence-corrected chi connectivity index (χ1v) is 9.24. The fraction of sp³-hybridized carbons (Fsp3) is 0.333. The van der Waals surface area contributed by atoms with E-state index in [4.69, 9.17) is 14.2 Å². The van der Waals surface area contributed by atoms with Crippen LogP contribution in [-0.2, 0) is 19.1 Å². The molecule has 0 amide bonds. The second-order valence-corrected chi connectivity index (χ2v) is 6.09. The summed E-state index contributed by atoms with van der Waals surface area (Å²) in [5.41, 5.74) is 0.404. The molecular weight excluding hydrogens is 378 g/mol. The van der Waals surface area contributed by atoms with Gasteiger partial charge in [0, 0.05) is 4.92 Å². The van der Waals surface area contributed by atoms with Crippen LogP contribution in [0.3, 0.4) is 0 Å². The summed E-state index contributed by atoms with van der Waals surface area (Å²) in [7, 11) is 0. The molecule has 0 heterocycles. The van der Waals surface area contributed by atoms with E-state index in [0.717, 1.165) is 0 Å². The SMILES string of the molecule is CCOC(=O)C(C(=O)OCC)[C@@H](C[N+](=O)[O-])c1cccc(Oc2ccccc2)c1. The Morgan fingerprint density at radius 1 is 0.931 bits per heavy atom. The topological polar surface area (TPSA) is 105 Å². The van der Waals surface area contributed by atoms with E-state index in [1.54, 1.807) is 50.2 Å². The zero-order valence-corrected chi connectivity index (χ0v) is 16.3. The molecule has 2 aromatic carbocycles. The van der Waals surface area contributed by atoms with Gasteiger partial charge < -0.3 is 14.2 Å². The third-order valence-electron chi connectivity index (χ3n) is 4.09. The molecular formula is C21H23NO7. The highest BCUT2D eigenvalue weighted by molar-refractivity contribution is 5.96. The Kier molecular flexibility index (Phi) is 8.14. The highest BCUT2D eigenvalue weighted by atomic mass is 16.6. The lowest BCUT2D eigenvalue weighted by Crippen LogP contribution is -2.36. The van der Waals surface area contributed by atoms with Crippen LogP contribution in [0.2, 0.25) is 0 Å². The van der Waals surface area contributed by atoms with E-state index in [0.29, 0.717) is 17.1 Å². The number of hydrogen-bond acceptors (Lipinski definition) is 7. The number of nitro groups is 1. The first kappa shape index (κ1) is 21.9. The number of carbonyl (C=O) groups is 2. The lowest BCUT2D eigenvalue weighted by molar-refractivity contribution is -0.484. The van der Waals surface area contributed by atoms with Gasteiger partial charge in [0.25, 0.3) is 0 Å². The normalized spacial score (nSPS) is 11.6. The summed E-state index contributed by atoms with van der Waals surface area (Å²) in [6.45, 7) is 2.62. The van der Waals surface area contributed by atoms with Crippen molar-refractivity contribution in [3.05, 3.63) is 70.3 Å². The Morgan fingerprint density at radius 3 is 2.07 bits per heavy atom. The minimum atomic E-state index is -1.45. The van der Waals surface area contributed by atoms with Gasteiger partial charge in [-0.25, -0.2) is 0 Å². The zero-order chi connectivity index (χ0) is 21.2. The molecule has 0 saturated carbocycles. The standard InChI is InChI=1S/C21H23NO7/c1-3-27-20(23)19(21(24)28-4-2)18(14-22(25)26)15-9-8-12-17(13-15)29-16-10-6-5-7-11-16/h5-13,18-19H,3-4,14H2,1-2H3/t18-/m0/s1. The Morgan fingerprint density at radius 2 is 1.52 bits per heavy atom. The second-order valence-electron chi connectivity index (χ2n) is 6.09. The number of nitrogens with zero attached hydrogens (tertiary/aromatic N) is 1. The number of para-hydroxylation sites is 1. The predicted octanol–water partition coefficient (Wildman–Crippen LogP) is 3.58. The second kappa shape index (κ2) is 10.8. The molecule has 0 aliphatic carbocycles. The Labute approximate surface area is 168 Å². The van der Waals surface area contributed by atoms with Crippen LogP contribution in [0.15, 0.2) is 54.6 Å². The minimum Gasteiger partial charge on any atom is -0.465 e. The van der Waals surface area contributed by atoms with Crippen LogP contribution < -0.4 is 4.74 Å². The van der Waals surface area contributed by atoms with Crippen molar-refractivity contribution in [1.29, 1.82) is 0 Å². The molecule has 2 rings (SSSR count). The molecule has 0 aliphatic heterocycles. The van der Waals surface area contributed by atoms with Crippen LogP contribution in [-0.4, -0.2) is 36.6 Å². The van der Waals surface area contributed by atoms with Crippen molar-refractivity contribution >= 4 is 11.9 Å². The van der Waals surface area contributed by atoms with Crippen molar-refractivity contribution in [3.8, 4) is 11.5 Å². The van der Waals surface area contributed by atoms with Gasteiger partial charge >= 0.3 is 11.9 Å². The van der Waals surface area contributed by atoms with Crippen molar-refractivity contribution in [3.63, 3.8) is 0 Å². The van der Waals surface area contributed by atoms with Gasteiger partial charge in [-0.05, 0) is 43.7 Å². The maximum absolute atomic E-state index is 12.5. The first-order chi connectivity index (χ1) is 14.0. The van der Waals surface area contributed by atoms with Crippen LogP contribution in [0.1, 0.15) is 25.3 Å². The zero-order valence-electron chi connectivity index (χ0n) is 16.3. The summed E-state index contributed by atoms with van der Waals surface area (Å²) in [6.07, 6.45) is 0. The molecule has 0 radical (unpaired) electrons. The Hall–Kier alpha value is -3.42. The third kappa shape index (κ3) is 6.31. The van der Waals surface area contributed by atoms with E-state index in [2.05, 4.69) is 0 Å². The van der Waals surface area contributed by atoms with E-state index < -0.39 is 35.2 Å². The molecule has 0 saturated heterocycles.